The van der Waals surface area contributed by atoms with Crippen LogP contribution in [0.1, 0.15) is 6.92 Å². The lowest BCUT2D eigenvalue weighted by molar-refractivity contribution is 0.318. The molecule has 128 valence electrons. The van der Waals surface area contributed by atoms with Crippen LogP contribution in [0, 0.1) is 5.92 Å². The van der Waals surface area contributed by atoms with Crippen molar-refractivity contribution < 1.29 is 12.3 Å². The van der Waals surface area contributed by atoms with Crippen molar-refractivity contribution in [2.45, 2.75) is 71.9 Å². The van der Waals surface area contributed by atoms with Gasteiger partial charge in [-0.2, -0.15) is 0 Å². The van der Waals surface area contributed by atoms with Crippen LogP contribution >= 0.6 is 11.6 Å². The van der Waals surface area contributed by atoms with E-state index in [0.29, 0.717) is 11.8 Å². The zero-order valence-electron chi connectivity index (χ0n) is 15.6. The molecule has 0 fully saturated rings. The van der Waals surface area contributed by atoms with Crippen molar-refractivity contribution in [3.63, 3.8) is 0 Å². The Morgan fingerprint density at radius 1 is 0.762 bits per heavy atom. The Kier molecular flexibility index (Phi) is 8.12. The second-order valence-corrected chi connectivity index (χ2v) is 25.2. The second kappa shape index (κ2) is 7.74. The third kappa shape index (κ3) is 11.2. The highest BCUT2D eigenvalue weighted by Gasteiger charge is 2.45. The Morgan fingerprint density at radius 3 is 1.52 bits per heavy atom. The Bertz CT molecular complexity index is 328. The number of hydrogen-bond acceptors (Lipinski definition) is 3. The van der Waals surface area contributed by atoms with Crippen LogP contribution in [0.25, 0.3) is 0 Å². The van der Waals surface area contributed by atoms with E-state index >= 15 is 0 Å². The van der Waals surface area contributed by atoms with E-state index in [1.807, 2.05) is 0 Å². The van der Waals surface area contributed by atoms with E-state index < -0.39 is 33.8 Å². The van der Waals surface area contributed by atoms with Gasteiger partial charge < -0.3 is 12.3 Å². The minimum Gasteiger partial charge on any atom is -0.437 e. The maximum Gasteiger partial charge on any atom is 0.316 e. The quantitative estimate of drug-likeness (QED) is 0.394. The van der Waals surface area contributed by atoms with Crippen LogP contribution in [-0.2, 0) is 12.3 Å². The van der Waals surface area contributed by atoms with Gasteiger partial charge in [0.2, 0.25) is 0 Å². The highest BCUT2D eigenvalue weighted by molar-refractivity contribution is 6.89. The molecule has 0 aliphatic carbocycles. The van der Waals surface area contributed by atoms with Gasteiger partial charge >= 0.3 is 17.1 Å². The smallest absolute Gasteiger partial charge is 0.316 e. The molecule has 3 nitrogen and oxygen atoms in total. The van der Waals surface area contributed by atoms with Crippen LogP contribution in [-0.4, -0.2) is 39.6 Å². The largest absolute Gasteiger partial charge is 0.437 e. The van der Waals surface area contributed by atoms with Crippen molar-refractivity contribution in [2.24, 2.45) is 5.92 Å². The Morgan fingerprint density at radius 2 is 1.19 bits per heavy atom. The van der Waals surface area contributed by atoms with Gasteiger partial charge in [-0.25, -0.2) is 0 Å². The predicted octanol–water partition coefficient (Wildman–Crippen LogP) is 5.35. The lowest BCUT2D eigenvalue weighted by atomic mass is 10.3. The van der Waals surface area contributed by atoms with E-state index in [1.54, 1.807) is 0 Å². The van der Waals surface area contributed by atoms with Gasteiger partial charge in [-0.1, -0.05) is 6.92 Å². The summed E-state index contributed by atoms with van der Waals surface area (Å²) in [6, 6.07) is 0.937. The van der Waals surface area contributed by atoms with E-state index in [2.05, 4.69) is 65.8 Å². The molecule has 21 heavy (non-hydrogen) atoms. The first-order valence-electron chi connectivity index (χ1n) is 7.74. The van der Waals surface area contributed by atoms with Crippen LogP contribution in [0.5, 0.6) is 0 Å². The van der Waals surface area contributed by atoms with Gasteiger partial charge in [0.05, 0.1) is 0 Å². The van der Waals surface area contributed by atoms with Crippen molar-refractivity contribution in [1.82, 2.24) is 0 Å². The minimum absolute atomic E-state index is 0.413. The van der Waals surface area contributed by atoms with E-state index in [-0.39, 0.29) is 0 Å². The van der Waals surface area contributed by atoms with Gasteiger partial charge in [-0.3, -0.25) is 0 Å². The van der Waals surface area contributed by atoms with E-state index in [4.69, 9.17) is 23.9 Å². The molecular formula is C13H35ClO3Si4. The monoisotopic (exact) mass is 386 g/mol. The first-order chi connectivity index (χ1) is 9.08. The SMILES string of the molecule is CC(CCl)C[Si](C)(O[Si](C)(C)C)O[Si](C)(C)O[Si](C)(C)C. The predicted molar refractivity (Wildman–Crippen MR) is 104 cm³/mol. The molecule has 0 aliphatic heterocycles. The van der Waals surface area contributed by atoms with Gasteiger partial charge in [-0.15, -0.1) is 11.6 Å². The highest BCUT2D eigenvalue weighted by Crippen LogP contribution is 2.29. The van der Waals surface area contributed by atoms with Crippen molar-refractivity contribution in [1.29, 1.82) is 0 Å². The van der Waals surface area contributed by atoms with E-state index in [1.165, 1.54) is 0 Å². The molecule has 0 saturated heterocycles. The standard InChI is InChI=1S/C13H35ClO3Si4/c1-13(11-14)12-21(10,16-19(5,6)7)17-20(8,9)15-18(2,3)4/h13H,11-12H2,1-10H3. The molecule has 0 aromatic rings. The molecule has 8 heteroatoms. The summed E-state index contributed by atoms with van der Waals surface area (Å²) in [5.41, 5.74) is 0. The molecule has 0 bridgehead atoms. The topological polar surface area (TPSA) is 27.7 Å². The fraction of sp³-hybridized carbons (Fsp3) is 1.00. The molecule has 0 aromatic heterocycles. The molecule has 2 unspecified atom stereocenters. The highest BCUT2D eigenvalue weighted by atomic mass is 35.5. The van der Waals surface area contributed by atoms with E-state index in [9.17, 15) is 0 Å². The van der Waals surface area contributed by atoms with Crippen molar-refractivity contribution in [2.75, 3.05) is 5.88 Å². The first-order valence-corrected chi connectivity index (χ1v) is 20.4. The molecule has 2 atom stereocenters. The summed E-state index contributed by atoms with van der Waals surface area (Å²) in [7, 11) is -7.71. The van der Waals surface area contributed by atoms with Gasteiger partial charge in [0.1, 0.15) is 0 Å². The lowest BCUT2D eigenvalue weighted by Crippen LogP contribution is -2.57. The van der Waals surface area contributed by atoms with Gasteiger partial charge in [0, 0.05) is 5.88 Å². The lowest BCUT2D eigenvalue weighted by Gasteiger charge is -2.42. The molecule has 0 spiro atoms. The first kappa shape index (κ1) is 22.0. The van der Waals surface area contributed by atoms with Crippen LogP contribution in [0.4, 0.5) is 0 Å². The average molecular weight is 387 g/mol. The molecule has 0 amide bonds. The van der Waals surface area contributed by atoms with E-state index in [0.717, 1.165) is 6.04 Å². The Hall–Kier alpha value is 1.04. The second-order valence-electron chi connectivity index (χ2n) is 8.53. The zero-order valence-corrected chi connectivity index (χ0v) is 20.4. The van der Waals surface area contributed by atoms with Crippen LogP contribution in [0.2, 0.25) is 65.0 Å². The van der Waals surface area contributed by atoms with Gasteiger partial charge in [0.15, 0.2) is 16.6 Å². The molecule has 0 radical (unpaired) electrons. The summed E-state index contributed by atoms with van der Waals surface area (Å²) < 4.78 is 19.5. The van der Waals surface area contributed by atoms with Crippen molar-refractivity contribution in [3.8, 4) is 0 Å². The van der Waals surface area contributed by atoms with Crippen LogP contribution in [0.15, 0.2) is 0 Å². The maximum atomic E-state index is 6.59. The summed E-state index contributed by atoms with van der Waals surface area (Å²) in [4.78, 5) is 0. The number of rotatable bonds is 9. The molecule has 0 saturated carbocycles. The summed E-state index contributed by atoms with van der Waals surface area (Å²) >= 11 is 6.02. The fourth-order valence-electron chi connectivity index (χ4n) is 2.72. The summed E-state index contributed by atoms with van der Waals surface area (Å²) in [5.74, 6) is 1.06. The minimum atomic E-state index is -2.27. The molecule has 0 heterocycles. The molecule has 0 N–H and O–H groups in total. The Labute approximate surface area is 141 Å². The van der Waals surface area contributed by atoms with Gasteiger partial charge in [-0.05, 0) is 70.9 Å². The number of halogens is 1. The molecular weight excluding hydrogens is 352 g/mol. The third-order valence-corrected chi connectivity index (χ3v) is 16.8. The summed E-state index contributed by atoms with van der Waals surface area (Å²) in [6.45, 7) is 22.0. The maximum absolute atomic E-state index is 6.59. The Balaban J connectivity index is 5.13. The number of hydrogen-bond donors (Lipinski definition) is 0. The van der Waals surface area contributed by atoms with Gasteiger partial charge in [0.25, 0.3) is 0 Å². The molecule has 0 aromatic carbocycles. The summed E-state index contributed by atoms with van der Waals surface area (Å²) in [5, 5.41) is 0. The fourth-order valence-corrected chi connectivity index (χ4v) is 21.4. The normalized spacial score (nSPS) is 18.4. The zero-order chi connectivity index (χ0) is 17.1. The van der Waals surface area contributed by atoms with Crippen LogP contribution in [0.3, 0.4) is 0 Å². The summed E-state index contributed by atoms with van der Waals surface area (Å²) in [6.07, 6.45) is 0. The average Bonchev–Trinajstić information content (AvgIpc) is 2.07. The molecule has 0 rings (SSSR count). The van der Waals surface area contributed by atoms with Crippen LogP contribution < -0.4 is 0 Å². The van der Waals surface area contributed by atoms with Crippen molar-refractivity contribution >= 4 is 45.4 Å². The van der Waals surface area contributed by atoms with Crippen molar-refractivity contribution in [3.05, 3.63) is 0 Å². The molecule has 0 aliphatic rings. The third-order valence-electron chi connectivity index (χ3n) is 2.52. The number of alkyl halides is 1.